The average molecular weight is 178 g/mol. The molecule has 0 fully saturated rings. The molecule has 0 aromatic heterocycles. The van der Waals surface area contributed by atoms with Crippen LogP contribution in [0.4, 0.5) is 0 Å². The maximum atomic E-state index is 5.10. The molecule has 0 bridgehead atoms. The molecule has 0 aromatic rings. The SMILES string of the molecule is COC(OC)[SiH2]CCC[SiH3]. The summed E-state index contributed by atoms with van der Waals surface area (Å²) in [6, 6.07) is 2.79. The molecule has 0 rings (SSSR count). The van der Waals surface area contributed by atoms with E-state index >= 15 is 0 Å². The molecule has 0 aliphatic rings. The Bertz CT molecular complexity index is 66.8. The summed E-state index contributed by atoms with van der Waals surface area (Å²) in [5.74, 6) is 0.160. The van der Waals surface area contributed by atoms with Crippen LogP contribution >= 0.6 is 0 Å². The fraction of sp³-hybridized carbons (Fsp3) is 1.00. The quantitative estimate of drug-likeness (QED) is 0.305. The van der Waals surface area contributed by atoms with Crippen molar-refractivity contribution in [2.24, 2.45) is 0 Å². The first-order valence-electron chi connectivity index (χ1n) is 3.90. The minimum atomic E-state index is -0.108. The lowest BCUT2D eigenvalue weighted by Crippen LogP contribution is -2.20. The summed E-state index contributed by atoms with van der Waals surface area (Å²) in [7, 11) is 4.68. The van der Waals surface area contributed by atoms with Gasteiger partial charge in [0.1, 0.15) is 5.91 Å². The summed E-state index contributed by atoms with van der Waals surface area (Å²) in [5.41, 5.74) is 0. The van der Waals surface area contributed by atoms with Gasteiger partial charge in [-0.1, -0.05) is 18.5 Å². The molecule has 4 heteroatoms. The highest BCUT2D eigenvalue weighted by atomic mass is 28.2. The Morgan fingerprint density at radius 3 is 2.40 bits per heavy atom. The third-order valence-corrected chi connectivity index (χ3v) is 4.32. The Morgan fingerprint density at radius 2 is 2.00 bits per heavy atom. The van der Waals surface area contributed by atoms with Gasteiger partial charge in [0, 0.05) is 24.5 Å². The van der Waals surface area contributed by atoms with Gasteiger partial charge >= 0.3 is 0 Å². The van der Waals surface area contributed by atoms with Crippen molar-refractivity contribution in [3.8, 4) is 0 Å². The van der Waals surface area contributed by atoms with Gasteiger partial charge in [-0.3, -0.25) is 0 Å². The molecule has 10 heavy (non-hydrogen) atoms. The zero-order valence-electron chi connectivity index (χ0n) is 7.22. The Hall–Kier alpha value is 0.354. The molecule has 62 valence electrons. The van der Waals surface area contributed by atoms with Gasteiger partial charge in [0.2, 0.25) is 0 Å². The molecule has 0 aliphatic heterocycles. The highest BCUT2D eigenvalue weighted by molar-refractivity contribution is 6.36. The molecule has 0 unspecified atom stereocenters. The normalized spacial score (nSPS) is 12.3. The predicted octanol–water partition coefficient (Wildman–Crippen LogP) is -0.676. The molecule has 0 atom stereocenters. The second-order valence-corrected chi connectivity index (χ2v) is 5.35. The highest BCUT2D eigenvalue weighted by Gasteiger charge is 2.03. The fourth-order valence-electron chi connectivity index (χ4n) is 0.893. The van der Waals surface area contributed by atoms with Crippen LogP contribution in [0.5, 0.6) is 0 Å². The molecule has 0 heterocycles. The first-order chi connectivity index (χ1) is 4.85. The first kappa shape index (κ1) is 10.4. The van der Waals surface area contributed by atoms with Gasteiger partial charge in [0.25, 0.3) is 0 Å². The van der Waals surface area contributed by atoms with Crippen LogP contribution in [0.3, 0.4) is 0 Å². The van der Waals surface area contributed by atoms with Gasteiger partial charge in [0.15, 0.2) is 0 Å². The lowest BCUT2D eigenvalue weighted by molar-refractivity contribution is -0.0441. The van der Waals surface area contributed by atoms with Crippen molar-refractivity contribution < 1.29 is 9.47 Å². The summed E-state index contributed by atoms with van der Waals surface area (Å²) in [5, 5.41) is 0. The molecule has 2 nitrogen and oxygen atoms in total. The summed E-state index contributed by atoms with van der Waals surface area (Å²) >= 11 is 0. The van der Waals surface area contributed by atoms with Crippen molar-refractivity contribution in [2.45, 2.75) is 24.4 Å². The summed E-state index contributed by atoms with van der Waals surface area (Å²) in [6.45, 7) is 0. The lowest BCUT2D eigenvalue weighted by Gasteiger charge is -2.11. The summed E-state index contributed by atoms with van der Waals surface area (Å²) < 4.78 is 10.2. The van der Waals surface area contributed by atoms with Gasteiger partial charge in [0.05, 0.1) is 9.52 Å². The third kappa shape index (κ3) is 5.16. The summed E-state index contributed by atoms with van der Waals surface area (Å²) in [4.78, 5) is 0. The van der Waals surface area contributed by atoms with Crippen molar-refractivity contribution >= 4 is 19.8 Å². The van der Waals surface area contributed by atoms with Crippen LogP contribution in [0.25, 0.3) is 0 Å². The maximum absolute atomic E-state index is 5.10. The van der Waals surface area contributed by atoms with Crippen molar-refractivity contribution in [2.75, 3.05) is 14.2 Å². The van der Waals surface area contributed by atoms with Gasteiger partial charge in [-0.25, -0.2) is 0 Å². The monoisotopic (exact) mass is 178 g/mol. The molecular formula is C6H18O2Si2. The van der Waals surface area contributed by atoms with E-state index in [1.807, 2.05) is 0 Å². The van der Waals surface area contributed by atoms with Crippen LogP contribution in [0.2, 0.25) is 12.1 Å². The number of rotatable bonds is 6. The predicted molar refractivity (Wildman–Crippen MR) is 50.5 cm³/mol. The fourth-order valence-corrected chi connectivity index (χ4v) is 3.99. The van der Waals surface area contributed by atoms with Crippen LogP contribution in [-0.4, -0.2) is 39.9 Å². The molecule has 0 aliphatic carbocycles. The number of methoxy groups -OCH3 is 2. The van der Waals surface area contributed by atoms with Crippen molar-refractivity contribution in [3.05, 3.63) is 0 Å². The summed E-state index contributed by atoms with van der Waals surface area (Å²) in [6.07, 6.45) is 1.39. The van der Waals surface area contributed by atoms with Gasteiger partial charge < -0.3 is 9.47 Å². The van der Waals surface area contributed by atoms with Gasteiger partial charge in [-0.05, 0) is 0 Å². The Balaban J connectivity index is 3.09. The van der Waals surface area contributed by atoms with E-state index in [0.29, 0.717) is 0 Å². The van der Waals surface area contributed by atoms with E-state index in [2.05, 4.69) is 0 Å². The molecule has 0 saturated heterocycles. The van der Waals surface area contributed by atoms with Crippen molar-refractivity contribution in [1.82, 2.24) is 0 Å². The number of hydrogen-bond acceptors (Lipinski definition) is 2. The largest absolute Gasteiger partial charge is 0.360 e. The van der Waals surface area contributed by atoms with Crippen LogP contribution in [0.1, 0.15) is 6.42 Å². The van der Waals surface area contributed by atoms with Crippen molar-refractivity contribution in [1.29, 1.82) is 0 Å². The second-order valence-electron chi connectivity index (χ2n) is 2.40. The van der Waals surface area contributed by atoms with E-state index in [9.17, 15) is 0 Å². The van der Waals surface area contributed by atoms with E-state index in [0.717, 1.165) is 0 Å². The van der Waals surface area contributed by atoms with E-state index in [4.69, 9.17) is 9.47 Å². The smallest absolute Gasteiger partial charge is 0.134 e. The van der Waals surface area contributed by atoms with E-state index in [1.165, 1.54) is 28.8 Å². The standard InChI is InChI=1S/C6H18O2Si2/c1-7-6(8-2)10-5-3-4-9/h6H,3-5,10H2,1-2,9H3. The van der Waals surface area contributed by atoms with E-state index in [1.54, 1.807) is 14.2 Å². The Morgan fingerprint density at radius 1 is 1.40 bits per heavy atom. The molecule has 0 amide bonds. The first-order valence-corrected chi connectivity index (χ1v) is 7.13. The zero-order valence-corrected chi connectivity index (χ0v) is 10.6. The van der Waals surface area contributed by atoms with Crippen molar-refractivity contribution in [3.63, 3.8) is 0 Å². The van der Waals surface area contributed by atoms with Crippen LogP contribution in [-0.2, 0) is 9.47 Å². The third-order valence-electron chi connectivity index (χ3n) is 1.57. The molecule has 0 radical (unpaired) electrons. The molecule has 0 spiro atoms. The van der Waals surface area contributed by atoms with Gasteiger partial charge in [-0.2, -0.15) is 0 Å². The molecule has 0 saturated carbocycles. The van der Waals surface area contributed by atoms with Gasteiger partial charge in [-0.15, -0.1) is 0 Å². The Labute approximate surface area is 68.5 Å². The second kappa shape index (κ2) is 7.46. The molecule has 0 aromatic carbocycles. The minimum absolute atomic E-state index is 0.108. The van der Waals surface area contributed by atoms with E-state index < -0.39 is 0 Å². The lowest BCUT2D eigenvalue weighted by atomic mass is 10.6. The van der Waals surface area contributed by atoms with Crippen LogP contribution in [0.15, 0.2) is 0 Å². The topological polar surface area (TPSA) is 18.5 Å². The zero-order chi connectivity index (χ0) is 7.82. The maximum Gasteiger partial charge on any atom is 0.134 e. The molecular weight excluding hydrogens is 160 g/mol. The minimum Gasteiger partial charge on any atom is -0.360 e. The van der Waals surface area contributed by atoms with E-state index in [-0.39, 0.29) is 15.4 Å². The Kier molecular flexibility index (Phi) is 7.72. The number of ether oxygens (including phenoxy) is 2. The average Bonchev–Trinajstić information content (AvgIpc) is 1.99. The molecule has 0 N–H and O–H groups in total. The number of hydrogen-bond donors (Lipinski definition) is 0. The van der Waals surface area contributed by atoms with Crippen LogP contribution < -0.4 is 0 Å². The van der Waals surface area contributed by atoms with Crippen LogP contribution in [0, 0.1) is 0 Å². The highest BCUT2D eigenvalue weighted by Crippen LogP contribution is 1.97.